The van der Waals surface area contributed by atoms with Crippen molar-refractivity contribution >= 4 is 11.7 Å². The highest BCUT2D eigenvalue weighted by Gasteiger charge is 2.05. The van der Waals surface area contributed by atoms with Gasteiger partial charge in [-0.05, 0) is 29.7 Å². The molecule has 0 bridgehead atoms. The smallest absolute Gasteiger partial charge is 0.346 e. The highest BCUT2D eigenvalue weighted by molar-refractivity contribution is 5.90. The number of nitrogens with one attached hydrogen (secondary N) is 2. The predicted molar refractivity (Wildman–Crippen MR) is 79.5 cm³/mol. The first kappa shape index (κ1) is 14.8. The summed E-state index contributed by atoms with van der Waals surface area (Å²) in [5.74, 6) is 1.01. The van der Waals surface area contributed by atoms with Crippen molar-refractivity contribution in [3.05, 3.63) is 52.6 Å². The molecule has 1 aromatic carbocycles. The zero-order chi connectivity index (χ0) is 15.2. The summed E-state index contributed by atoms with van der Waals surface area (Å²) in [7, 11) is 0. The summed E-state index contributed by atoms with van der Waals surface area (Å²) in [6.07, 6.45) is 1.32. The number of amides is 1. The maximum Gasteiger partial charge on any atom is 0.346 e. The summed E-state index contributed by atoms with van der Waals surface area (Å²) in [5.41, 5.74) is 0.694. The van der Waals surface area contributed by atoms with Gasteiger partial charge in [-0.1, -0.05) is 26.0 Å². The van der Waals surface area contributed by atoms with Crippen LogP contribution in [0, 0.1) is 0 Å². The standard InChI is InChI=1S/C15H17N3O3/c1-10(2)11-3-5-12(6-4-11)21-9-14(19)17-13-7-8-16-15(20)18-13/h3-8,10H,9H2,1-2H3,(H2,16,17,18,19,20). The minimum absolute atomic E-state index is 0.134. The van der Waals surface area contributed by atoms with E-state index in [2.05, 4.69) is 29.1 Å². The lowest BCUT2D eigenvalue weighted by Gasteiger charge is -2.09. The van der Waals surface area contributed by atoms with Gasteiger partial charge in [0.25, 0.3) is 5.91 Å². The van der Waals surface area contributed by atoms with Gasteiger partial charge < -0.3 is 10.1 Å². The first-order chi connectivity index (χ1) is 10.0. The quantitative estimate of drug-likeness (QED) is 0.879. The number of carbonyl (C=O) groups is 1. The van der Waals surface area contributed by atoms with Crippen LogP contribution >= 0.6 is 0 Å². The Morgan fingerprint density at radius 3 is 2.62 bits per heavy atom. The van der Waals surface area contributed by atoms with Gasteiger partial charge in [0.1, 0.15) is 11.6 Å². The number of aromatic nitrogens is 2. The summed E-state index contributed by atoms with van der Waals surface area (Å²) in [6.45, 7) is 4.09. The SMILES string of the molecule is CC(C)c1ccc(OCC(=O)Nc2ccnc(=O)[nH]2)cc1. The topological polar surface area (TPSA) is 84.1 Å². The van der Waals surface area contributed by atoms with Gasteiger partial charge in [-0.25, -0.2) is 9.78 Å². The molecule has 1 aromatic heterocycles. The van der Waals surface area contributed by atoms with Crippen LogP contribution < -0.4 is 15.7 Å². The average molecular weight is 287 g/mol. The molecular formula is C15H17N3O3. The van der Waals surface area contributed by atoms with Crippen molar-refractivity contribution in [3.8, 4) is 5.75 Å². The molecule has 2 aromatic rings. The van der Waals surface area contributed by atoms with Crippen molar-refractivity contribution in [2.45, 2.75) is 19.8 Å². The lowest BCUT2D eigenvalue weighted by atomic mass is 10.0. The molecule has 0 fully saturated rings. The Labute approximate surface area is 122 Å². The molecule has 0 aliphatic rings. The second-order valence-corrected chi connectivity index (χ2v) is 4.85. The highest BCUT2D eigenvalue weighted by atomic mass is 16.5. The van der Waals surface area contributed by atoms with Gasteiger partial charge >= 0.3 is 5.69 Å². The molecule has 110 valence electrons. The molecular weight excluding hydrogens is 270 g/mol. The number of carbonyl (C=O) groups excluding carboxylic acids is 1. The summed E-state index contributed by atoms with van der Waals surface area (Å²) in [4.78, 5) is 28.6. The number of aromatic amines is 1. The number of rotatable bonds is 5. The third kappa shape index (κ3) is 4.45. The maximum atomic E-state index is 11.7. The molecule has 0 aliphatic heterocycles. The van der Waals surface area contributed by atoms with Crippen LogP contribution in [0.2, 0.25) is 0 Å². The van der Waals surface area contributed by atoms with Gasteiger partial charge in [-0.2, -0.15) is 0 Å². The Morgan fingerprint density at radius 2 is 2.00 bits per heavy atom. The van der Waals surface area contributed by atoms with E-state index in [1.807, 2.05) is 24.3 Å². The van der Waals surface area contributed by atoms with E-state index >= 15 is 0 Å². The van der Waals surface area contributed by atoms with Crippen molar-refractivity contribution in [2.24, 2.45) is 0 Å². The van der Waals surface area contributed by atoms with Crippen LogP contribution in [0.25, 0.3) is 0 Å². The van der Waals surface area contributed by atoms with Crippen LogP contribution in [0.4, 0.5) is 5.82 Å². The van der Waals surface area contributed by atoms with Crippen LogP contribution in [-0.4, -0.2) is 22.5 Å². The molecule has 2 rings (SSSR count). The Bertz CT molecular complexity index is 662. The fraction of sp³-hybridized carbons (Fsp3) is 0.267. The number of anilines is 1. The van der Waals surface area contributed by atoms with Gasteiger partial charge in [0.05, 0.1) is 0 Å². The zero-order valence-corrected chi connectivity index (χ0v) is 11.9. The number of hydrogen-bond acceptors (Lipinski definition) is 4. The fourth-order valence-corrected chi connectivity index (χ4v) is 1.73. The zero-order valence-electron chi connectivity index (χ0n) is 11.9. The molecule has 1 amide bonds. The first-order valence-corrected chi connectivity index (χ1v) is 6.62. The van der Waals surface area contributed by atoms with Crippen molar-refractivity contribution < 1.29 is 9.53 Å². The lowest BCUT2D eigenvalue weighted by Crippen LogP contribution is -2.22. The van der Waals surface area contributed by atoms with Crippen LogP contribution in [0.1, 0.15) is 25.3 Å². The van der Waals surface area contributed by atoms with E-state index < -0.39 is 5.69 Å². The monoisotopic (exact) mass is 287 g/mol. The molecule has 1 heterocycles. The van der Waals surface area contributed by atoms with Gasteiger partial charge in [-0.15, -0.1) is 0 Å². The number of hydrogen-bond donors (Lipinski definition) is 2. The van der Waals surface area contributed by atoms with E-state index in [-0.39, 0.29) is 12.5 Å². The molecule has 6 nitrogen and oxygen atoms in total. The molecule has 0 atom stereocenters. The van der Waals surface area contributed by atoms with E-state index in [0.29, 0.717) is 17.5 Å². The summed E-state index contributed by atoms with van der Waals surface area (Å²) < 4.78 is 5.39. The molecule has 0 saturated heterocycles. The Morgan fingerprint density at radius 1 is 1.29 bits per heavy atom. The number of nitrogens with zero attached hydrogens (tertiary/aromatic N) is 1. The Hall–Kier alpha value is -2.63. The summed E-state index contributed by atoms with van der Waals surface area (Å²) in [5, 5.41) is 2.52. The third-order valence-corrected chi connectivity index (χ3v) is 2.87. The summed E-state index contributed by atoms with van der Waals surface area (Å²) in [6, 6.07) is 9.10. The van der Waals surface area contributed by atoms with E-state index in [0.717, 1.165) is 0 Å². The van der Waals surface area contributed by atoms with E-state index in [1.165, 1.54) is 17.8 Å². The predicted octanol–water partition coefficient (Wildman–Crippen LogP) is 1.91. The Balaban J connectivity index is 1.87. The molecule has 0 aliphatic carbocycles. The summed E-state index contributed by atoms with van der Waals surface area (Å²) >= 11 is 0. The van der Waals surface area contributed by atoms with Crippen LogP contribution in [-0.2, 0) is 4.79 Å². The van der Waals surface area contributed by atoms with Gasteiger partial charge in [0.15, 0.2) is 6.61 Å². The van der Waals surface area contributed by atoms with Gasteiger partial charge in [-0.3, -0.25) is 9.78 Å². The minimum Gasteiger partial charge on any atom is -0.484 e. The molecule has 0 radical (unpaired) electrons. The largest absolute Gasteiger partial charge is 0.484 e. The van der Waals surface area contributed by atoms with Crippen LogP contribution in [0.3, 0.4) is 0 Å². The third-order valence-electron chi connectivity index (χ3n) is 2.87. The number of benzene rings is 1. The Kier molecular flexibility index (Phi) is 4.71. The fourth-order valence-electron chi connectivity index (χ4n) is 1.73. The van der Waals surface area contributed by atoms with E-state index in [1.54, 1.807) is 0 Å². The van der Waals surface area contributed by atoms with E-state index in [4.69, 9.17) is 4.74 Å². The highest BCUT2D eigenvalue weighted by Crippen LogP contribution is 2.18. The minimum atomic E-state index is -0.516. The molecule has 0 unspecified atom stereocenters. The van der Waals surface area contributed by atoms with Crippen molar-refractivity contribution in [3.63, 3.8) is 0 Å². The number of H-pyrrole nitrogens is 1. The van der Waals surface area contributed by atoms with Crippen LogP contribution in [0.5, 0.6) is 5.75 Å². The van der Waals surface area contributed by atoms with Crippen LogP contribution in [0.15, 0.2) is 41.3 Å². The molecule has 0 saturated carbocycles. The second-order valence-electron chi connectivity index (χ2n) is 4.85. The lowest BCUT2D eigenvalue weighted by molar-refractivity contribution is -0.118. The molecule has 2 N–H and O–H groups in total. The van der Waals surface area contributed by atoms with Crippen molar-refractivity contribution in [1.29, 1.82) is 0 Å². The number of ether oxygens (including phenoxy) is 1. The van der Waals surface area contributed by atoms with Crippen molar-refractivity contribution in [1.82, 2.24) is 9.97 Å². The average Bonchev–Trinajstić information content (AvgIpc) is 2.45. The molecule has 0 spiro atoms. The van der Waals surface area contributed by atoms with E-state index in [9.17, 15) is 9.59 Å². The van der Waals surface area contributed by atoms with Gasteiger partial charge in [0, 0.05) is 6.20 Å². The molecule has 21 heavy (non-hydrogen) atoms. The maximum absolute atomic E-state index is 11.7. The first-order valence-electron chi connectivity index (χ1n) is 6.62. The van der Waals surface area contributed by atoms with Gasteiger partial charge in [0.2, 0.25) is 0 Å². The molecule has 6 heteroatoms. The second kappa shape index (κ2) is 6.69. The van der Waals surface area contributed by atoms with Crippen molar-refractivity contribution in [2.75, 3.05) is 11.9 Å². The normalized spacial score (nSPS) is 10.4.